The van der Waals surface area contributed by atoms with E-state index in [1.165, 1.54) is 6.92 Å². The van der Waals surface area contributed by atoms with E-state index in [-0.39, 0.29) is 47.8 Å². The molecule has 56 heavy (non-hydrogen) atoms. The molecule has 5 aliphatic heterocycles. The molecule has 1 amide bonds. The van der Waals surface area contributed by atoms with Gasteiger partial charge in [0.15, 0.2) is 11.6 Å². The zero-order valence-corrected chi connectivity index (χ0v) is 35.9. The summed E-state index contributed by atoms with van der Waals surface area (Å²) < 4.78 is 34.1. The first-order valence-electron chi connectivity index (χ1n) is 21.7. The lowest BCUT2D eigenvalue weighted by molar-refractivity contribution is -0.398. The van der Waals surface area contributed by atoms with Gasteiger partial charge in [0.2, 0.25) is 5.91 Å². The van der Waals surface area contributed by atoms with Crippen molar-refractivity contribution >= 4 is 17.7 Å². The van der Waals surface area contributed by atoms with Crippen LogP contribution in [0, 0.1) is 41.4 Å². The van der Waals surface area contributed by atoms with E-state index >= 15 is 0 Å². The first kappa shape index (κ1) is 45.2. The number of carbonyl (C=O) groups is 3. The summed E-state index contributed by atoms with van der Waals surface area (Å²) in [4.78, 5) is 39.0. The van der Waals surface area contributed by atoms with Crippen LogP contribution in [-0.2, 0) is 38.1 Å². The highest BCUT2D eigenvalue weighted by atomic mass is 16.8. The molecule has 3 unspecified atom stereocenters. The Morgan fingerprint density at radius 1 is 0.893 bits per heavy atom. The lowest BCUT2D eigenvalue weighted by atomic mass is 9.72. The summed E-state index contributed by atoms with van der Waals surface area (Å²) in [6.07, 6.45) is 6.79. The molecular formula is C44H73NO11. The third-order valence-electron chi connectivity index (χ3n) is 14.8. The maximum Gasteiger partial charge on any atom is 0.309 e. The van der Waals surface area contributed by atoms with Crippen LogP contribution < -0.4 is 5.32 Å². The minimum atomic E-state index is -1.27. The third kappa shape index (κ3) is 8.54. The Kier molecular flexibility index (Phi) is 14.0. The van der Waals surface area contributed by atoms with Gasteiger partial charge in [-0.2, -0.15) is 0 Å². The molecule has 0 radical (unpaired) electrons. The Bertz CT molecular complexity index is 1440. The summed E-state index contributed by atoms with van der Waals surface area (Å²) in [6, 6.07) is -0.595. The van der Waals surface area contributed by atoms with Gasteiger partial charge in [-0.1, -0.05) is 61.5 Å². The van der Waals surface area contributed by atoms with Crippen molar-refractivity contribution in [1.82, 2.24) is 5.32 Å². The molecule has 2 spiro atoms. The number of aliphatic hydroxyl groups is 2. The molecule has 5 heterocycles. The lowest BCUT2D eigenvalue weighted by Gasteiger charge is -2.55. The quantitative estimate of drug-likeness (QED) is 0.154. The Labute approximate surface area is 335 Å². The maximum absolute atomic E-state index is 14.5. The number of hydrogen-bond donors (Lipinski definition) is 4. The van der Waals surface area contributed by atoms with Crippen LogP contribution in [0.1, 0.15) is 140 Å². The smallest absolute Gasteiger partial charge is 0.309 e. The molecule has 4 fully saturated rings. The van der Waals surface area contributed by atoms with Crippen molar-refractivity contribution in [2.75, 3.05) is 0 Å². The fourth-order valence-corrected chi connectivity index (χ4v) is 10.9. The highest BCUT2D eigenvalue weighted by Crippen LogP contribution is 2.54. The van der Waals surface area contributed by atoms with E-state index < -0.39 is 76.8 Å². The predicted octanol–water partition coefficient (Wildman–Crippen LogP) is 6.33. The minimum absolute atomic E-state index is 0.000895. The first-order valence-corrected chi connectivity index (χ1v) is 21.7. The zero-order valence-electron chi connectivity index (χ0n) is 35.9. The molecule has 12 heteroatoms. The molecule has 5 rings (SSSR count). The van der Waals surface area contributed by atoms with Crippen molar-refractivity contribution in [1.29, 1.82) is 0 Å². The van der Waals surface area contributed by atoms with E-state index in [0.717, 1.165) is 6.42 Å². The number of nitrogens with one attached hydrogen (secondary N) is 1. The number of carbonyl (C=O) groups excluding carboxylic acids is 2. The Morgan fingerprint density at radius 3 is 2.16 bits per heavy atom. The van der Waals surface area contributed by atoms with E-state index in [1.807, 2.05) is 53.7 Å². The average Bonchev–Trinajstić information content (AvgIpc) is 3.49. The third-order valence-corrected chi connectivity index (χ3v) is 14.8. The number of Topliss-reactive ketones (excluding diaryl/α,β-unsaturated/α-hetero) is 1. The number of carboxylic acids is 1. The normalized spacial score (nSPS) is 44.2. The second kappa shape index (κ2) is 17.3. The van der Waals surface area contributed by atoms with Crippen molar-refractivity contribution in [2.45, 2.75) is 206 Å². The fourth-order valence-electron chi connectivity index (χ4n) is 10.9. The van der Waals surface area contributed by atoms with Crippen molar-refractivity contribution in [3.8, 4) is 0 Å². The van der Waals surface area contributed by atoms with E-state index in [1.54, 1.807) is 6.92 Å². The molecule has 320 valence electrons. The van der Waals surface area contributed by atoms with Crippen LogP contribution in [0.5, 0.6) is 0 Å². The number of hydrogen-bond acceptors (Lipinski definition) is 10. The van der Waals surface area contributed by atoms with Crippen LogP contribution in [0.25, 0.3) is 0 Å². The first-order chi connectivity index (χ1) is 26.2. The number of ketones is 1. The summed E-state index contributed by atoms with van der Waals surface area (Å²) in [6.45, 7) is 21.1. The van der Waals surface area contributed by atoms with Crippen LogP contribution in [0.2, 0.25) is 0 Å². The van der Waals surface area contributed by atoms with E-state index in [2.05, 4.69) is 26.1 Å². The lowest BCUT2D eigenvalue weighted by Crippen LogP contribution is -2.65. The number of carboxylic acid groups (broad SMARTS) is 1. The molecule has 18 atom stereocenters. The zero-order chi connectivity index (χ0) is 41.5. The van der Waals surface area contributed by atoms with Crippen LogP contribution in [0.3, 0.4) is 0 Å². The maximum atomic E-state index is 14.5. The molecule has 0 aromatic carbocycles. The van der Waals surface area contributed by atoms with Gasteiger partial charge in [0.1, 0.15) is 11.8 Å². The second-order valence-corrected chi connectivity index (χ2v) is 18.6. The van der Waals surface area contributed by atoms with E-state index in [0.29, 0.717) is 57.8 Å². The summed E-state index contributed by atoms with van der Waals surface area (Å²) in [5.74, 6) is -5.98. The van der Waals surface area contributed by atoms with E-state index in [9.17, 15) is 29.7 Å². The van der Waals surface area contributed by atoms with Crippen LogP contribution in [0.4, 0.5) is 0 Å². The molecule has 4 saturated heterocycles. The molecule has 0 aliphatic carbocycles. The molecule has 0 saturated carbocycles. The largest absolute Gasteiger partial charge is 0.481 e. The van der Waals surface area contributed by atoms with Crippen LogP contribution in [0.15, 0.2) is 12.2 Å². The number of ether oxygens (including phenoxy) is 5. The summed E-state index contributed by atoms with van der Waals surface area (Å²) >= 11 is 0. The standard InChI is InChI=1S/C44H73NO11/c1-12-31(40(49)50)33-16-15-24(4)38(53-33)28(8)36(47)27(7)37(48)32(13-2)39-25(5)23-26(6)43(54-39)20-17-34(45-30(10)46)44(56-43)22-21-41(11,55-44)35-18-19-42(51,14-3)29(9)52-35/h17,20,24-29,31-36,38-39,47,51H,12-16,18-19,21-23H2,1-11H3,(H,45,46)(H,49,50)/t24-,25-,26+,27-,28-,29-,31?,32?,33+,34?,35+,36+,38+,39-,41-,42+,43-,44-/m0/s1. The van der Waals surface area contributed by atoms with Gasteiger partial charge >= 0.3 is 5.97 Å². The molecular weight excluding hydrogens is 718 g/mol. The summed E-state index contributed by atoms with van der Waals surface area (Å²) in [7, 11) is 0. The fraction of sp³-hybridized carbons (Fsp3) is 0.886. The van der Waals surface area contributed by atoms with Gasteiger partial charge in [-0.15, -0.1) is 0 Å². The summed E-state index contributed by atoms with van der Waals surface area (Å²) in [5.41, 5.74) is -1.65. The molecule has 0 aromatic rings. The molecule has 12 nitrogen and oxygen atoms in total. The van der Waals surface area contributed by atoms with Gasteiger partial charge in [0.05, 0.1) is 53.7 Å². The van der Waals surface area contributed by atoms with E-state index in [4.69, 9.17) is 23.7 Å². The molecule has 0 bridgehead atoms. The topological polar surface area (TPSA) is 170 Å². The highest BCUT2D eigenvalue weighted by molar-refractivity contribution is 5.84. The SMILES string of the molecule is CCC(C(=O)[C@@H](C)[C@@H](O)[C@H](C)[C@@H]1O[C@@H](C(CC)C(=O)O)CC[C@@H]1C)[C@H]1O[C@]2(C=CC(NC(C)=O)[C@]3(CC[C@@](C)([C@H]4CC[C@](O)(CC)[C@H](C)O4)O3)O2)[C@H](C)C[C@@H]1C. The van der Waals surface area contributed by atoms with Gasteiger partial charge < -0.3 is 44.3 Å². The minimum Gasteiger partial charge on any atom is -0.481 e. The van der Waals surface area contributed by atoms with Gasteiger partial charge in [0, 0.05) is 37.0 Å². The summed E-state index contributed by atoms with van der Waals surface area (Å²) in [5, 5.41) is 35.8. The van der Waals surface area contributed by atoms with Crippen molar-refractivity contribution in [3.05, 3.63) is 12.2 Å². The Balaban J connectivity index is 1.36. The number of amides is 1. The number of aliphatic hydroxyl groups excluding tert-OH is 1. The molecule has 5 aliphatic rings. The Morgan fingerprint density at radius 2 is 1.57 bits per heavy atom. The van der Waals surface area contributed by atoms with Gasteiger partial charge in [0.25, 0.3) is 0 Å². The monoisotopic (exact) mass is 792 g/mol. The molecule has 0 aromatic heterocycles. The van der Waals surface area contributed by atoms with Gasteiger partial charge in [-0.05, 0) is 89.5 Å². The predicted molar refractivity (Wildman–Crippen MR) is 210 cm³/mol. The number of aliphatic carboxylic acids is 1. The van der Waals surface area contributed by atoms with Crippen LogP contribution in [-0.4, -0.2) is 98.4 Å². The van der Waals surface area contributed by atoms with Crippen molar-refractivity contribution in [2.24, 2.45) is 41.4 Å². The molecule has 4 N–H and O–H groups in total. The number of rotatable bonds is 13. The van der Waals surface area contributed by atoms with Crippen molar-refractivity contribution in [3.63, 3.8) is 0 Å². The van der Waals surface area contributed by atoms with Gasteiger partial charge in [-0.3, -0.25) is 14.4 Å². The van der Waals surface area contributed by atoms with Crippen molar-refractivity contribution < 1.29 is 53.4 Å². The van der Waals surface area contributed by atoms with Gasteiger partial charge in [-0.25, -0.2) is 0 Å². The Hall–Kier alpha value is -1.93. The average molecular weight is 792 g/mol. The second-order valence-electron chi connectivity index (χ2n) is 18.6. The van der Waals surface area contributed by atoms with Crippen LogP contribution >= 0.6 is 0 Å². The highest BCUT2D eigenvalue weighted by Gasteiger charge is 2.63.